The van der Waals surface area contributed by atoms with Crippen LogP contribution in [0.25, 0.3) is 0 Å². The molecule has 0 aliphatic carbocycles. The van der Waals surface area contributed by atoms with Crippen molar-refractivity contribution in [3.8, 4) is 0 Å². The predicted molar refractivity (Wildman–Crippen MR) is 74.9 cm³/mol. The number of likely N-dealkylation sites (tertiary alicyclic amines) is 1. The first-order valence-corrected chi connectivity index (χ1v) is 6.88. The lowest BCUT2D eigenvalue weighted by Crippen LogP contribution is -2.44. The third-order valence-electron chi connectivity index (χ3n) is 3.70. The maximum atomic E-state index is 12.3. The Kier molecular flexibility index (Phi) is 4.24. The van der Waals surface area contributed by atoms with Gasteiger partial charge < -0.3 is 10.2 Å². The molecule has 1 atom stereocenters. The van der Waals surface area contributed by atoms with E-state index in [2.05, 4.69) is 25.2 Å². The largest absolute Gasteiger partial charge is 0.322 e. The highest BCUT2D eigenvalue weighted by atomic mass is 16.2. The SMILES string of the molecule is CCc1ccccc1NC(=O)N1CCCC[C@H]1C. The highest BCUT2D eigenvalue weighted by molar-refractivity contribution is 5.90. The smallest absolute Gasteiger partial charge is 0.322 e. The molecule has 1 heterocycles. The van der Waals surface area contributed by atoms with Gasteiger partial charge in [0.05, 0.1) is 0 Å². The summed E-state index contributed by atoms with van der Waals surface area (Å²) in [5.74, 6) is 0. The Morgan fingerprint density at radius 1 is 1.39 bits per heavy atom. The molecular weight excluding hydrogens is 224 g/mol. The minimum Gasteiger partial charge on any atom is -0.322 e. The summed E-state index contributed by atoms with van der Waals surface area (Å²) < 4.78 is 0. The first-order chi connectivity index (χ1) is 8.72. The van der Waals surface area contributed by atoms with Gasteiger partial charge in [-0.3, -0.25) is 0 Å². The molecule has 1 aromatic carbocycles. The summed E-state index contributed by atoms with van der Waals surface area (Å²) in [5.41, 5.74) is 2.14. The lowest BCUT2D eigenvalue weighted by molar-refractivity contribution is 0.170. The average Bonchev–Trinajstić information content (AvgIpc) is 2.39. The molecule has 18 heavy (non-hydrogen) atoms. The Balaban J connectivity index is 2.06. The molecule has 1 aliphatic rings. The zero-order valence-corrected chi connectivity index (χ0v) is 11.3. The second-order valence-corrected chi connectivity index (χ2v) is 4.98. The number of rotatable bonds is 2. The van der Waals surface area contributed by atoms with Crippen LogP contribution in [0.15, 0.2) is 24.3 Å². The van der Waals surface area contributed by atoms with Crippen molar-refractivity contribution >= 4 is 11.7 Å². The number of piperidine rings is 1. The number of amides is 2. The van der Waals surface area contributed by atoms with Crippen LogP contribution in [0, 0.1) is 0 Å². The van der Waals surface area contributed by atoms with E-state index in [1.54, 1.807) is 0 Å². The van der Waals surface area contributed by atoms with Crippen molar-refractivity contribution in [2.75, 3.05) is 11.9 Å². The summed E-state index contributed by atoms with van der Waals surface area (Å²) in [6.07, 6.45) is 4.40. The first-order valence-electron chi connectivity index (χ1n) is 6.88. The molecule has 2 amide bonds. The van der Waals surface area contributed by atoms with Crippen LogP contribution in [-0.2, 0) is 6.42 Å². The summed E-state index contributed by atoms with van der Waals surface area (Å²) >= 11 is 0. The predicted octanol–water partition coefficient (Wildman–Crippen LogP) is 3.66. The average molecular weight is 246 g/mol. The fourth-order valence-electron chi connectivity index (χ4n) is 2.54. The standard InChI is InChI=1S/C15H22N2O/c1-3-13-9-4-5-10-14(13)16-15(18)17-11-7-6-8-12(17)2/h4-5,9-10,12H,3,6-8,11H2,1-2H3,(H,16,18)/t12-/m1/s1. The molecule has 2 rings (SSSR count). The zero-order valence-electron chi connectivity index (χ0n) is 11.3. The zero-order chi connectivity index (χ0) is 13.0. The summed E-state index contributed by atoms with van der Waals surface area (Å²) in [6, 6.07) is 8.42. The molecule has 0 aromatic heterocycles. The third-order valence-corrected chi connectivity index (χ3v) is 3.70. The van der Waals surface area contributed by atoms with Crippen molar-refractivity contribution in [2.24, 2.45) is 0 Å². The van der Waals surface area contributed by atoms with Crippen molar-refractivity contribution in [3.05, 3.63) is 29.8 Å². The maximum Gasteiger partial charge on any atom is 0.322 e. The molecule has 1 aliphatic heterocycles. The number of hydrogen-bond acceptors (Lipinski definition) is 1. The molecule has 0 unspecified atom stereocenters. The van der Waals surface area contributed by atoms with Crippen LogP contribution in [0.4, 0.5) is 10.5 Å². The van der Waals surface area contributed by atoms with E-state index in [-0.39, 0.29) is 6.03 Å². The normalized spacial score (nSPS) is 19.7. The molecule has 0 spiro atoms. The molecule has 0 bridgehead atoms. The van der Waals surface area contributed by atoms with Gasteiger partial charge in [0.2, 0.25) is 0 Å². The molecule has 1 fully saturated rings. The molecule has 3 nitrogen and oxygen atoms in total. The Hall–Kier alpha value is -1.51. The van der Waals surface area contributed by atoms with Crippen LogP contribution < -0.4 is 5.32 Å². The van der Waals surface area contributed by atoms with Gasteiger partial charge in [0.15, 0.2) is 0 Å². The van der Waals surface area contributed by atoms with Gasteiger partial charge in [0, 0.05) is 18.3 Å². The molecule has 98 valence electrons. The van der Waals surface area contributed by atoms with E-state index in [0.29, 0.717) is 6.04 Å². The number of hydrogen-bond donors (Lipinski definition) is 1. The quantitative estimate of drug-likeness (QED) is 0.848. The second kappa shape index (κ2) is 5.89. The topological polar surface area (TPSA) is 32.3 Å². The van der Waals surface area contributed by atoms with Gasteiger partial charge >= 0.3 is 6.03 Å². The van der Waals surface area contributed by atoms with Crippen LogP contribution >= 0.6 is 0 Å². The number of carbonyl (C=O) groups excluding carboxylic acids is 1. The van der Waals surface area contributed by atoms with E-state index in [1.165, 1.54) is 12.0 Å². The monoisotopic (exact) mass is 246 g/mol. The van der Waals surface area contributed by atoms with Crippen molar-refractivity contribution in [1.82, 2.24) is 4.90 Å². The Morgan fingerprint density at radius 3 is 2.89 bits per heavy atom. The van der Waals surface area contributed by atoms with E-state index >= 15 is 0 Å². The number of nitrogens with one attached hydrogen (secondary N) is 1. The van der Waals surface area contributed by atoms with E-state index < -0.39 is 0 Å². The molecular formula is C15H22N2O. The van der Waals surface area contributed by atoms with Gasteiger partial charge in [0.25, 0.3) is 0 Å². The third kappa shape index (κ3) is 2.84. The number of nitrogens with zero attached hydrogens (tertiary/aromatic N) is 1. The van der Waals surface area contributed by atoms with Crippen LogP contribution in [-0.4, -0.2) is 23.5 Å². The number of benzene rings is 1. The molecule has 1 N–H and O–H groups in total. The van der Waals surface area contributed by atoms with Gasteiger partial charge in [-0.2, -0.15) is 0 Å². The van der Waals surface area contributed by atoms with Crippen LogP contribution in [0.3, 0.4) is 0 Å². The molecule has 1 saturated heterocycles. The Morgan fingerprint density at radius 2 is 2.17 bits per heavy atom. The highest BCUT2D eigenvalue weighted by Crippen LogP contribution is 2.20. The summed E-state index contributed by atoms with van der Waals surface area (Å²) in [4.78, 5) is 14.2. The fraction of sp³-hybridized carbons (Fsp3) is 0.533. The molecule has 0 radical (unpaired) electrons. The minimum absolute atomic E-state index is 0.0445. The van der Waals surface area contributed by atoms with Gasteiger partial charge in [-0.05, 0) is 44.2 Å². The fourth-order valence-corrected chi connectivity index (χ4v) is 2.54. The van der Waals surface area contributed by atoms with Crippen LogP contribution in [0.5, 0.6) is 0 Å². The number of carbonyl (C=O) groups is 1. The number of urea groups is 1. The van der Waals surface area contributed by atoms with Gasteiger partial charge in [-0.25, -0.2) is 4.79 Å². The number of para-hydroxylation sites is 1. The van der Waals surface area contributed by atoms with Gasteiger partial charge in [-0.15, -0.1) is 0 Å². The van der Waals surface area contributed by atoms with E-state index in [4.69, 9.17) is 0 Å². The highest BCUT2D eigenvalue weighted by Gasteiger charge is 2.23. The van der Waals surface area contributed by atoms with E-state index in [9.17, 15) is 4.79 Å². The van der Waals surface area contributed by atoms with Gasteiger partial charge in [-0.1, -0.05) is 25.1 Å². The minimum atomic E-state index is 0.0445. The second-order valence-electron chi connectivity index (χ2n) is 4.98. The Labute approximate surface area is 109 Å². The van der Waals surface area contributed by atoms with Crippen molar-refractivity contribution in [1.29, 1.82) is 0 Å². The molecule has 1 aromatic rings. The van der Waals surface area contributed by atoms with Crippen molar-refractivity contribution in [3.63, 3.8) is 0 Å². The first kappa shape index (κ1) is 12.9. The summed E-state index contributed by atoms with van der Waals surface area (Å²) in [5, 5.41) is 3.05. The lowest BCUT2D eigenvalue weighted by atomic mass is 10.0. The molecule has 0 saturated carbocycles. The number of anilines is 1. The number of aryl methyl sites for hydroxylation is 1. The lowest BCUT2D eigenvalue weighted by Gasteiger charge is -2.33. The summed E-state index contributed by atoms with van der Waals surface area (Å²) in [6.45, 7) is 5.11. The van der Waals surface area contributed by atoms with E-state index in [1.807, 2.05) is 23.1 Å². The van der Waals surface area contributed by atoms with E-state index in [0.717, 1.165) is 31.5 Å². The molecule has 3 heteroatoms. The van der Waals surface area contributed by atoms with Crippen LogP contribution in [0.2, 0.25) is 0 Å². The summed E-state index contributed by atoms with van der Waals surface area (Å²) in [7, 11) is 0. The van der Waals surface area contributed by atoms with Crippen LogP contribution in [0.1, 0.15) is 38.7 Å². The Bertz CT molecular complexity index is 417. The van der Waals surface area contributed by atoms with Crippen molar-refractivity contribution in [2.45, 2.75) is 45.6 Å². The van der Waals surface area contributed by atoms with Crippen molar-refractivity contribution < 1.29 is 4.79 Å². The maximum absolute atomic E-state index is 12.3. The van der Waals surface area contributed by atoms with Gasteiger partial charge in [0.1, 0.15) is 0 Å².